The first-order valence-electron chi connectivity index (χ1n) is 4.56. The van der Waals surface area contributed by atoms with E-state index in [0.29, 0.717) is 5.57 Å². The molecule has 0 aliphatic carbocycles. The Morgan fingerprint density at radius 2 is 1.71 bits per heavy atom. The van der Waals surface area contributed by atoms with E-state index in [1.807, 2.05) is 33.8 Å². The molecule has 0 bridgehead atoms. The summed E-state index contributed by atoms with van der Waals surface area (Å²) in [5.41, 5.74) is 2.96. The maximum Gasteiger partial charge on any atom is 0.136 e. The molecule has 2 heteroatoms. The SMILES string of the molecule is C/C=C(C)/C(O)=C(/C#N)C(C)=C(C)C. The Morgan fingerprint density at radius 3 is 2.00 bits per heavy atom. The second-order valence-corrected chi connectivity index (χ2v) is 3.43. The molecule has 1 N–H and O–H groups in total. The number of nitrogens with zero attached hydrogens (tertiary/aromatic N) is 1. The first kappa shape index (κ1) is 12.5. The van der Waals surface area contributed by atoms with Gasteiger partial charge in [0.1, 0.15) is 11.8 Å². The Bertz CT molecular complexity index is 347. The summed E-state index contributed by atoms with van der Waals surface area (Å²) >= 11 is 0. The average Bonchev–Trinajstić information content (AvgIpc) is 2.17. The molecule has 0 atom stereocenters. The van der Waals surface area contributed by atoms with Crippen LogP contribution in [0.5, 0.6) is 0 Å². The zero-order valence-corrected chi connectivity index (χ0v) is 9.47. The van der Waals surface area contributed by atoms with Gasteiger partial charge in [-0.05, 0) is 45.8 Å². The molecule has 0 fully saturated rings. The second kappa shape index (κ2) is 5.29. The van der Waals surface area contributed by atoms with Gasteiger partial charge in [-0.25, -0.2) is 0 Å². The Labute approximate surface area is 85.9 Å². The normalized spacial score (nSPS) is 13.0. The van der Waals surface area contributed by atoms with E-state index in [9.17, 15) is 5.11 Å². The van der Waals surface area contributed by atoms with Crippen LogP contribution in [0.25, 0.3) is 0 Å². The topological polar surface area (TPSA) is 44.0 Å². The summed E-state index contributed by atoms with van der Waals surface area (Å²) in [5, 5.41) is 18.7. The molecule has 0 aliphatic heterocycles. The van der Waals surface area contributed by atoms with Gasteiger partial charge >= 0.3 is 0 Å². The number of allylic oxidation sites excluding steroid dienone is 5. The Kier molecular flexibility index (Phi) is 4.72. The van der Waals surface area contributed by atoms with Crippen LogP contribution in [0.1, 0.15) is 34.6 Å². The van der Waals surface area contributed by atoms with E-state index >= 15 is 0 Å². The maximum atomic E-state index is 9.75. The van der Waals surface area contributed by atoms with Crippen LogP contribution in [0.15, 0.2) is 34.1 Å². The number of rotatable bonds is 2. The van der Waals surface area contributed by atoms with E-state index in [-0.39, 0.29) is 5.76 Å². The number of aliphatic hydroxyl groups excluding tert-OH is 1. The molecule has 0 aromatic heterocycles. The molecule has 0 unspecified atom stereocenters. The summed E-state index contributed by atoms with van der Waals surface area (Å²) in [6.45, 7) is 9.30. The van der Waals surface area contributed by atoms with Gasteiger partial charge in [-0.2, -0.15) is 5.26 Å². The van der Waals surface area contributed by atoms with Crippen LogP contribution in [-0.2, 0) is 0 Å². The van der Waals surface area contributed by atoms with Crippen LogP contribution in [0, 0.1) is 11.3 Å². The van der Waals surface area contributed by atoms with Crippen molar-refractivity contribution in [1.82, 2.24) is 0 Å². The summed E-state index contributed by atoms with van der Waals surface area (Å²) in [6, 6.07) is 2.03. The van der Waals surface area contributed by atoms with E-state index < -0.39 is 0 Å². The molecule has 0 heterocycles. The Hall–Kier alpha value is -1.49. The minimum Gasteiger partial charge on any atom is -0.506 e. The highest BCUT2D eigenvalue weighted by Gasteiger charge is 2.09. The third-order valence-electron chi connectivity index (χ3n) is 2.28. The number of aliphatic hydroxyl groups is 1. The van der Waals surface area contributed by atoms with Crippen molar-refractivity contribution in [2.45, 2.75) is 34.6 Å². The lowest BCUT2D eigenvalue weighted by molar-refractivity contribution is 0.419. The lowest BCUT2D eigenvalue weighted by Crippen LogP contribution is -1.94. The van der Waals surface area contributed by atoms with Crippen molar-refractivity contribution in [3.05, 3.63) is 34.1 Å². The molecular weight excluding hydrogens is 174 g/mol. The van der Waals surface area contributed by atoms with Crippen molar-refractivity contribution in [2.75, 3.05) is 0 Å². The summed E-state index contributed by atoms with van der Waals surface area (Å²) in [7, 11) is 0. The molecule has 0 rings (SSSR count). The standard InChI is InChI=1S/C12H17NO/c1-6-9(4)12(14)11(7-13)10(5)8(2)3/h6,14H,1-5H3/b9-6+,12-11+. The maximum absolute atomic E-state index is 9.75. The van der Waals surface area contributed by atoms with Crippen molar-refractivity contribution < 1.29 is 5.11 Å². The fourth-order valence-electron chi connectivity index (χ4n) is 0.898. The van der Waals surface area contributed by atoms with Gasteiger partial charge in [0.25, 0.3) is 0 Å². The van der Waals surface area contributed by atoms with Crippen LogP contribution >= 0.6 is 0 Å². The summed E-state index contributed by atoms with van der Waals surface area (Å²) in [5.74, 6) is 0.0775. The molecule has 0 aliphatic rings. The summed E-state index contributed by atoms with van der Waals surface area (Å²) in [6.07, 6.45) is 1.78. The van der Waals surface area contributed by atoms with Gasteiger partial charge in [0.15, 0.2) is 0 Å². The first-order valence-corrected chi connectivity index (χ1v) is 4.56. The molecule has 0 radical (unpaired) electrons. The van der Waals surface area contributed by atoms with E-state index in [4.69, 9.17) is 5.26 Å². The Balaban J connectivity index is 5.53. The zero-order valence-electron chi connectivity index (χ0n) is 9.47. The van der Waals surface area contributed by atoms with Gasteiger partial charge in [0, 0.05) is 0 Å². The predicted molar refractivity (Wildman–Crippen MR) is 58.7 cm³/mol. The van der Waals surface area contributed by atoms with Crippen molar-refractivity contribution in [3.63, 3.8) is 0 Å². The van der Waals surface area contributed by atoms with Crippen LogP contribution in [0.4, 0.5) is 0 Å². The molecular formula is C12H17NO. The van der Waals surface area contributed by atoms with Crippen molar-refractivity contribution in [3.8, 4) is 6.07 Å². The van der Waals surface area contributed by atoms with Gasteiger partial charge in [0.05, 0.1) is 5.57 Å². The van der Waals surface area contributed by atoms with Gasteiger partial charge in [-0.15, -0.1) is 0 Å². The monoisotopic (exact) mass is 191 g/mol. The van der Waals surface area contributed by atoms with Crippen molar-refractivity contribution in [1.29, 1.82) is 5.26 Å². The van der Waals surface area contributed by atoms with Crippen molar-refractivity contribution >= 4 is 0 Å². The van der Waals surface area contributed by atoms with Crippen LogP contribution in [-0.4, -0.2) is 5.11 Å². The molecule has 0 amide bonds. The molecule has 0 saturated heterocycles. The predicted octanol–water partition coefficient (Wildman–Crippen LogP) is 3.64. The van der Waals surface area contributed by atoms with E-state index in [0.717, 1.165) is 16.7 Å². The van der Waals surface area contributed by atoms with E-state index in [1.165, 1.54) is 0 Å². The lowest BCUT2D eigenvalue weighted by atomic mass is 10.0. The third-order valence-corrected chi connectivity index (χ3v) is 2.28. The highest BCUT2D eigenvalue weighted by atomic mass is 16.3. The third kappa shape index (κ3) is 2.77. The molecule has 76 valence electrons. The minimum absolute atomic E-state index is 0.0775. The molecule has 0 aromatic carbocycles. The van der Waals surface area contributed by atoms with E-state index in [1.54, 1.807) is 13.0 Å². The Morgan fingerprint density at radius 1 is 1.21 bits per heavy atom. The quantitative estimate of drug-likeness (QED) is 0.411. The summed E-state index contributed by atoms with van der Waals surface area (Å²) < 4.78 is 0. The second-order valence-electron chi connectivity index (χ2n) is 3.43. The van der Waals surface area contributed by atoms with Crippen molar-refractivity contribution in [2.24, 2.45) is 0 Å². The first-order chi connectivity index (χ1) is 6.45. The summed E-state index contributed by atoms with van der Waals surface area (Å²) in [4.78, 5) is 0. The fraction of sp³-hybridized carbons (Fsp3) is 0.417. The largest absolute Gasteiger partial charge is 0.506 e. The van der Waals surface area contributed by atoms with Gasteiger partial charge in [-0.3, -0.25) is 0 Å². The molecule has 0 aromatic rings. The number of hydrogen-bond donors (Lipinski definition) is 1. The molecule has 0 saturated carbocycles. The average molecular weight is 191 g/mol. The fourth-order valence-corrected chi connectivity index (χ4v) is 0.898. The van der Waals surface area contributed by atoms with Crippen LogP contribution in [0.3, 0.4) is 0 Å². The highest BCUT2D eigenvalue weighted by molar-refractivity contribution is 5.49. The lowest BCUT2D eigenvalue weighted by Gasteiger charge is -2.06. The van der Waals surface area contributed by atoms with Gasteiger partial charge < -0.3 is 5.11 Å². The number of nitriles is 1. The molecule has 2 nitrogen and oxygen atoms in total. The van der Waals surface area contributed by atoms with Crippen LogP contribution in [0.2, 0.25) is 0 Å². The van der Waals surface area contributed by atoms with Gasteiger partial charge in [-0.1, -0.05) is 11.6 Å². The molecule has 14 heavy (non-hydrogen) atoms. The molecule has 0 spiro atoms. The zero-order chi connectivity index (χ0) is 11.3. The van der Waals surface area contributed by atoms with Crippen LogP contribution < -0.4 is 0 Å². The number of hydrogen-bond acceptors (Lipinski definition) is 2. The smallest absolute Gasteiger partial charge is 0.136 e. The van der Waals surface area contributed by atoms with E-state index in [2.05, 4.69) is 0 Å². The van der Waals surface area contributed by atoms with Gasteiger partial charge in [0.2, 0.25) is 0 Å². The minimum atomic E-state index is 0.0775. The highest BCUT2D eigenvalue weighted by Crippen LogP contribution is 2.20.